The lowest BCUT2D eigenvalue weighted by atomic mass is 9.95. The lowest BCUT2D eigenvalue weighted by Crippen LogP contribution is -2.48. The van der Waals surface area contributed by atoms with Crippen LogP contribution in [0.2, 0.25) is 0 Å². The molecule has 0 unspecified atom stereocenters. The van der Waals surface area contributed by atoms with Gasteiger partial charge in [-0.3, -0.25) is 0 Å². The van der Waals surface area contributed by atoms with Crippen LogP contribution in [0, 0.1) is 0 Å². The zero-order valence-electron chi connectivity index (χ0n) is 17.9. The van der Waals surface area contributed by atoms with Crippen LogP contribution in [0.1, 0.15) is 31.0 Å². The van der Waals surface area contributed by atoms with Crippen molar-refractivity contribution in [1.82, 2.24) is 16.0 Å². The molecule has 0 aromatic heterocycles. The summed E-state index contributed by atoms with van der Waals surface area (Å²) in [5.41, 5.74) is 2.95. The third kappa shape index (κ3) is 6.08. The molecule has 3 N–H and O–H groups in total. The fourth-order valence-corrected chi connectivity index (χ4v) is 3.47. The van der Waals surface area contributed by atoms with Crippen molar-refractivity contribution in [1.29, 1.82) is 0 Å². The average Bonchev–Trinajstić information content (AvgIpc) is 2.78. The molecule has 0 bridgehead atoms. The Bertz CT molecular complexity index is 910. The molecule has 0 fully saturated rings. The van der Waals surface area contributed by atoms with Crippen molar-refractivity contribution >= 4 is 12.0 Å². The van der Waals surface area contributed by atoms with E-state index in [1.807, 2.05) is 61.5 Å². The number of amides is 2. The number of esters is 1. The van der Waals surface area contributed by atoms with Crippen LogP contribution in [-0.2, 0) is 16.0 Å². The van der Waals surface area contributed by atoms with E-state index in [9.17, 15) is 9.59 Å². The van der Waals surface area contributed by atoms with Crippen molar-refractivity contribution < 1.29 is 19.1 Å². The van der Waals surface area contributed by atoms with E-state index in [1.165, 1.54) is 5.56 Å². The Morgan fingerprint density at radius 2 is 1.77 bits per heavy atom. The van der Waals surface area contributed by atoms with Crippen LogP contribution in [0.5, 0.6) is 5.75 Å². The van der Waals surface area contributed by atoms with Crippen LogP contribution >= 0.6 is 0 Å². The molecule has 0 aliphatic carbocycles. The highest BCUT2D eigenvalue weighted by Gasteiger charge is 2.33. The second kappa shape index (κ2) is 11.2. The summed E-state index contributed by atoms with van der Waals surface area (Å²) < 4.78 is 10.7. The summed E-state index contributed by atoms with van der Waals surface area (Å²) in [5, 5.41) is 8.93. The van der Waals surface area contributed by atoms with Crippen molar-refractivity contribution in [2.24, 2.45) is 0 Å². The molecule has 31 heavy (non-hydrogen) atoms. The molecule has 7 nitrogen and oxygen atoms in total. The molecule has 2 amide bonds. The fourth-order valence-electron chi connectivity index (χ4n) is 3.47. The van der Waals surface area contributed by atoms with Gasteiger partial charge in [0.05, 0.1) is 24.8 Å². The Morgan fingerprint density at radius 3 is 2.45 bits per heavy atom. The van der Waals surface area contributed by atoms with Crippen LogP contribution in [0.4, 0.5) is 4.79 Å². The molecule has 0 radical (unpaired) electrons. The van der Waals surface area contributed by atoms with Gasteiger partial charge in [-0.05, 0) is 50.1 Å². The lowest BCUT2D eigenvalue weighted by molar-refractivity contribution is -0.139. The number of ether oxygens (including phenoxy) is 2. The molecule has 0 saturated heterocycles. The molecule has 7 heteroatoms. The molecular weight excluding hydrogens is 394 g/mol. The van der Waals surface area contributed by atoms with Gasteiger partial charge in [0.15, 0.2) is 0 Å². The highest BCUT2D eigenvalue weighted by Crippen LogP contribution is 2.27. The first-order valence-corrected chi connectivity index (χ1v) is 10.6. The molecule has 3 rings (SSSR count). The smallest absolute Gasteiger partial charge is 0.338 e. The Balaban J connectivity index is 1.70. The lowest BCUT2D eigenvalue weighted by Gasteiger charge is -2.29. The minimum absolute atomic E-state index is 0.260. The first-order valence-electron chi connectivity index (χ1n) is 10.6. The van der Waals surface area contributed by atoms with Gasteiger partial charge in [0.25, 0.3) is 0 Å². The quantitative estimate of drug-likeness (QED) is 0.404. The Labute approximate surface area is 182 Å². The number of hydrogen-bond acceptors (Lipinski definition) is 5. The predicted molar refractivity (Wildman–Crippen MR) is 119 cm³/mol. The van der Waals surface area contributed by atoms with E-state index in [2.05, 4.69) is 16.0 Å². The van der Waals surface area contributed by atoms with Crippen LogP contribution in [0.3, 0.4) is 0 Å². The van der Waals surface area contributed by atoms with Gasteiger partial charge in [0, 0.05) is 12.2 Å². The standard InChI is InChI=1S/C24H29N3O4/c1-3-30-19-12-10-17(11-13-19)14-15-25-16-20-21(23(28)31-4-2)22(27-24(29)26-20)18-8-6-5-7-9-18/h5-13,22,25H,3-4,14-16H2,1-2H3,(H2,26,27,29)/t22-/m0/s1. The summed E-state index contributed by atoms with van der Waals surface area (Å²) in [7, 11) is 0. The predicted octanol–water partition coefficient (Wildman–Crippen LogP) is 3.09. The Hall–Kier alpha value is -3.32. The van der Waals surface area contributed by atoms with Crippen LogP contribution in [0.15, 0.2) is 65.9 Å². The van der Waals surface area contributed by atoms with Crippen molar-refractivity contribution in [2.75, 3.05) is 26.3 Å². The molecule has 2 aromatic rings. The van der Waals surface area contributed by atoms with Gasteiger partial charge in [0.1, 0.15) is 5.75 Å². The van der Waals surface area contributed by atoms with Gasteiger partial charge >= 0.3 is 12.0 Å². The van der Waals surface area contributed by atoms with E-state index in [0.29, 0.717) is 31.0 Å². The molecular formula is C24H29N3O4. The van der Waals surface area contributed by atoms with Crippen molar-refractivity contribution in [3.8, 4) is 5.75 Å². The van der Waals surface area contributed by atoms with E-state index < -0.39 is 12.0 Å². The SMILES string of the molecule is CCOC(=O)C1=C(CNCCc2ccc(OCC)cc2)NC(=O)N[C@H]1c1ccccc1. The largest absolute Gasteiger partial charge is 0.494 e. The van der Waals surface area contributed by atoms with Gasteiger partial charge in [-0.15, -0.1) is 0 Å². The summed E-state index contributed by atoms with van der Waals surface area (Å²) in [6, 6.07) is 16.5. The molecule has 2 aromatic carbocycles. The molecule has 1 heterocycles. The first kappa shape index (κ1) is 22.4. The number of carbonyl (C=O) groups is 2. The minimum Gasteiger partial charge on any atom is -0.494 e. The van der Waals surface area contributed by atoms with Gasteiger partial charge in [-0.25, -0.2) is 9.59 Å². The number of carbonyl (C=O) groups excluding carboxylic acids is 2. The molecule has 1 aliphatic rings. The van der Waals surface area contributed by atoms with Crippen molar-refractivity contribution in [3.63, 3.8) is 0 Å². The highest BCUT2D eigenvalue weighted by atomic mass is 16.5. The molecule has 0 spiro atoms. The Morgan fingerprint density at radius 1 is 1.03 bits per heavy atom. The maximum atomic E-state index is 12.7. The zero-order valence-corrected chi connectivity index (χ0v) is 17.9. The monoisotopic (exact) mass is 423 g/mol. The number of rotatable bonds is 10. The third-order valence-corrected chi connectivity index (χ3v) is 4.91. The zero-order chi connectivity index (χ0) is 22.1. The maximum Gasteiger partial charge on any atom is 0.338 e. The van der Waals surface area contributed by atoms with E-state index in [4.69, 9.17) is 9.47 Å². The van der Waals surface area contributed by atoms with Crippen LogP contribution in [0.25, 0.3) is 0 Å². The topological polar surface area (TPSA) is 88.7 Å². The van der Waals surface area contributed by atoms with E-state index in [0.717, 1.165) is 17.7 Å². The van der Waals surface area contributed by atoms with Crippen LogP contribution < -0.4 is 20.7 Å². The molecule has 1 atom stereocenters. The summed E-state index contributed by atoms with van der Waals surface area (Å²) in [5.74, 6) is 0.417. The second-order valence-electron chi connectivity index (χ2n) is 7.06. The average molecular weight is 424 g/mol. The van der Waals surface area contributed by atoms with E-state index in [1.54, 1.807) is 6.92 Å². The van der Waals surface area contributed by atoms with Crippen molar-refractivity contribution in [3.05, 3.63) is 77.0 Å². The number of hydrogen-bond donors (Lipinski definition) is 3. The summed E-state index contributed by atoms with van der Waals surface area (Å²) in [4.78, 5) is 25.0. The summed E-state index contributed by atoms with van der Waals surface area (Å²) in [6.07, 6.45) is 0.808. The highest BCUT2D eigenvalue weighted by molar-refractivity contribution is 5.95. The van der Waals surface area contributed by atoms with Crippen molar-refractivity contribution in [2.45, 2.75) is 26.3 Å². The second-order valence-corrected chi connectivity index (χ2v) is 7.06. The molecule has 164 valence electrons. The maximum absolute atomic E-state index is 12.7. The number of nitrogens with one attached hydrogen (secondary N) is 3. The molecule has 1 aliphatic heterocycles. The fraction of sp³-hybridized carbons (Fsp3) is 0.333. The van der Waals surface area contributed by atoms with E-state index in [-0.39, 0.29) is 12.6 Å². The van der Waals surface area contributed by atoms with E-state index >= 15 is 0 Å². The number of benzene rings is 2. The summed E-state index contributed by atoms with van der Waals surface area (Å²) in [6.45, 7) is 5.66. The normalized spacial score (nSPS) is 15.8. The minimum atomic E-state index is -0.558. The van der Waals surface area contributed by atoms with Gasteiger partial charge in [-0.1, -0.05) is 42.5 Å². The van der Waals surface area contributed by atoms with Gasteiger partial charge in [-0.2, -0.15) is 0 Å². The Kier molecular flexibility index (Phi) is 8.06. The van der Waals surface area contributed by atoms with Crippen LogP contribution in [-0.4, -0.2) is 38.3 Å². The third-order valence-electron chi connectivity index (χ3n) is 4.91. The first-order chi connectivity index (χ1) is 15.1. The molecule has 0 saturated carbocycles. The van der Waals surface area contributed by atoms with Gasteiger partial charge < -0.3 is 25.4 Å². The van der Waals surface area contributed by atoms with Gasteiger partial charge in [0.2, 0.25) is 0 Å². The number of urea groups is 1. The summed E-state index contributed by atoms with van der Waals surface area (Å²) >= 11 is 0.